The van der Waals surface area contributed by atoms with Gasteiger partial charge in [-0.05, 0) is 87.6 Å². The average Bonchev–Trinajstić information content (AvgIpc) is 3.05. The first-order valence-corrected chi connectivity index (χ1v) is 15.8. The van der Waals surface area contributed by atoms with Gasteiger partial charge in [-0.2, -0.15) is 0 Å². The molecule has 0 saturated heterocycles. The summed E-state index contributed by atoms with van der Waals surface area (Å²) in [4.78, 5) is 76.8. The van der Waals surface area contributed by atoms with E-state index in [1.165, 1.54) is 0 Å². The van der Waals surface area contributed by atoms with Gasteiger partial charge in [0.05, 0.1) is 5.52 Å². The molecular formula is C32H44N6O9. The van der Waals surface area contributed by atoms with Crippen molar-refractivity contribution in [3.05, 3.63) is 42.1 Å². The van der Waals surface area contributed by atoms with Crippen LogP contribution in [0.2, 0.25) is 0 Å². The molecule has 256 valence electrons. The quantitative estimate of drug-likeness (QED) is 0.106. The number of fused-ring (bicyclic) bond motifs is 1. The summed E-state index contributed by atoms with van der Waals surface area (Å²) in [7, 11) is 0. The minimum Gasteiger partial charge on any atom is -0.481 e. The fourth-order valence-electron chi connectivity index (χ4n) is 5.60. The lowest BCUT2D eigenvalue weighted by atomic mass is 9.81. The van der Waals surface area contributed by atoms with Crippen molar-refractivity contribution in [3.63, 3.8) is 0 Å². The number of rotatable bonds is 18. The van der Waals surface area contributed by atoms with Gasteiger partial charge in [0.15, 0.2) is 0 Å². The Bertz CT molecular complexity index is 1410. The van der Waals surface area contributed by atoms with Crippen LogP contribution < -0.4 is 27.0 Å². The zero-order valence-electron chi connectivity index (χ0n) is 26.2. The van der Waals surface area contributed by atoms with Gasteiger partial charge in [-0.15, -0.1) is 0 Å². The number of pyridine rings is 1. The van der Waals surface area contributed by atoms with Gasteiger partial charge in [0, 0.05) is 36.9 Å². The molecule has 15 heteroatoms. The number of aliphatic carboxylic acids is 3. The van der Waals surface area contributed by atoms with Crippen LogP contribution in [-0.2, 0) is 30.4 Å². The second kappa shape index (κ2) is 18.4. The first-order chi connectivity index (χ1) is 22.5. The van der Waals surface area contributed by atoms with Crippen LogP contribution in [0.1, 0.15) is 63.4 Å². The standard InChI is InChI=1S/C32H44N6O9/c33-18-19-6-9-21(10-7-19)28(41)36-26(17-20-8-11-23-22(16-20)4-3-15-34-23)29(42)35-14-2-1-5-24(30(43)44)37-32(47)38-25(31(45)46)12-13-27(39)40/h3-4,8,11,15-16,19,21,24-26H,1-2,5-7,9-10,12-14,17-18,33H2,(H,35,42)(H,36,41)(H,39,40)(H,43,44)(H,45,46)(H2,37,38,47)/t19-,21-,24-,25-,26-/m0/s1. The molecule has 47 heavy (non-hydrogen) atoms. The number of urea groups is 1. The van der Waals surface area contributed by atoms with Crippen LogP contribution in [-0.4, -0.2) is 87.3 Å². The number of hydrogen-bond donors (Lipinski definition) is 8. The number of nitrogens with one attached hydrogen (secondary N) is 4. The van der Waals surface area contributed by atoms with Crippen LogP contribution in [0.5, 0.6) is 0 Å². The number of carboxylic acids is 3. The number of amides is 4. The van der Waals surface area contributed by atoms with Gasteiger partial charge in [0.1, 0.15) is 18.1 Å². The predicted molar refractivity (Wildman–Crippen MR) is 170 cm³/mol. The number of hydrogen-bond acceptors (Lipinski definition) is 8. The van der Waals surface area contributed by atoms with Gasteiger partial charge in [-0.1, -0.05) is 12.1 Å². The Morgan fingerprint density at radius 3 is 2.17 bits per heavy atom. The van der Waals surface area contributed by atoms with Crippen molar-refractivity contribution in [1.29, 1.82) is 0 Å². The van der Waals surface area contributed by atoms with E-state index in [0.29, 0.717) is 31.7 Å². The maximum Gasteiger partial charge on any atom is 0.326 e. The molecule has 1 saturated carbocycles. The minimum absolute atomic E-state index is 0.0117. The van der Waals surface area contributed by atoms with Crippen molar-refractivity contribution < 1.29 is 44.1 Å². The van der Waals surface area contributed by atoms with Crippen molar-refractivity contribution in [2.75, 3.05) is 13.1 Å². The lowest BCUT2D eigenvalue weighted by Gasteiger charge is -2.28. The Labute approximate surface area is 272 Å². The Morgan fingerprint density at radius 2 is 1.53 bits per heavy atom. The number of carbonyl (C=O) groups excluding carboxylic acids is 3. The van der Waals surface area contributed by atoms with Gasteiger partial charge in [-0.25, -0.2) is 14.4 Å². The summed E-state index contributed by atoms with van der Waals surface area (Å²) in [6.07, 6.45) is 4.87. The van der Waals surface area contributed by atoms with Gasteiger partial charge in [-0.3, -0.25) is 19.4 Å². The molecule has 1 aliphatic rings. The smallest absolute Gasteiger partial charge is 0.326 e. The predicted octanol–water partition coefficient (Wildman–Crippen LogP) is 1.38. The van der Waals surface area contributed by atoms with E-state index >= 15 is 0 Å². The lowest BCUT2D eigenvalue weighted by molar-refractivity contribution is -0.141. The fourth-order valence-corrected chi connectivity index (χ4v) is 5.60. The molecule has 1 fully saturated rings. The second-order valence-corrected chi connectivity index (χ2v) is 11.9. The monoisotopic (exact) mass is 656 g/mol. The van der Waals surface area contributed by atoms with E-state index in [0.717, 1.165) is 29.3 Å². The molecule has 1 aromatic heterocycles. The number of unbranched alkanes of at least 4 members (excludes halogenated alkanes) is 1. The maximum absolute atomic E-state index is 13.3. The normalized spacial score (nSPS) is 17.9. The van der Waals surface area contributed by atoms with Crippen molar-refractivity contribution >= 4 is 46.7 Å². The molecule has 0 bridgehead atoms. The molecule has 1 heterocycles. The number of carbonyl (C=O) groups is 6. The average molecular weight is 657 g/mol. The number of nitrogens with two attached hydrogens (primary N) is 1. The summed E-state index contributed by atoms with van der Waals surface area (Å²) in [6, 6.07) is 4.66. The molecule has 3 atom stereocenters. The highest BCUT2D eigenvalue weighted by Crippen LogP contribution is 2.28. The Morgan fingerprint density at radius 1 is 0.851 bits per heavy atom. The van der Waals surface area contributed by atoms with Crippen molar-refractivity contribution in [2.45, 2.75) is 82.3 Å². The van der Waals surface area contributed by atoms with E-state index in [1.807, 2.05) is 30.3 Å². The molecule has 3 rings (SSSR count). The summed E-state index contributed by atoms with van der Waals surface area (Å²) in [5.74, 6) is -4.38. The van der Waals surface area contributed by atoms with E-state index in [4.69, 9.17) is 10.8 Å². The van der Waals surface area contributed by atoms with E-state index < -0.39 is 48.5 Å². The zero-order chi connectivity index (χ0) is 34.3. The summed E-state index contributed by atoms with van der Waals surface area (Å²) in [5, 5.41) is 38.5. The molecule has 2 aromatic rings. The largest absolute Gasteiger partial charge is 0.481 e. The summed E-state index contributed by atoms with van der Waals surface area (Å²) < 4.78 is 0. The highest BCUT2D eigenvalue weighted by molar-refractivity contribution is 5.89. The first-order valence-electron chi connectivity index (χ1n) is 15.8. The van der Waals surface area contributed by atoms with Crippen LogP contribution in [0.15, 0.2) is 36.5 Å². The Kier molecular flexibility index (Phi) is 14.3. The first kappa shape index (κ1) is 36.7. The molecule has 0 radical (unpaired) electrons. The third-order valence-corrected chi connectivity index (χ3v) is 8.36. The third kappa shape index (κ3) is 12.2. The summed E-state index contributed by atoms with van der Waals surface area (Å²) >= 11 is 0. The van der Waals surface area contributed by atoms with Crippen LogP contribution in [0.3, 0.4) is 0 Å². The third-order valence-electron chi connectivity index (χ3n) is 8.36. The molecule has 4 amide bonds. The topological polar surface area (TPSA) is 250 Å². The number of carboxylic acid groups (broad SMARTS) is 3. The molecule has 0 aliphatic heterocycles. The van der Waals surface area contributed by atoms with Gasteiger partial charge >= 0.3 is 23.9 Å². The van der Waals surface area contributed by atoms with Crippen molar-refractivity contribution in [3.8, 4) is 0 Å². The van der Waals surface area contributed by atoms with Crippen LogP contribution in [0.4, 0.5) is 4.79 Å². The fraction of sp³-hybridized carbons (Fsp3) is 0.531. The number of benzene rings is 1. The number of nitrogens with zero attached hydrogens (tertiary/aromatic N) is 1. The Hall–Kier alpha value is -4.79. The van der Waals surface area contributed by atoms with E-state index in [2.05, 4.69) is 26.3 Å². The van der Waals surface area contributed by atoms with Gasteiger partial charge < -0.3 is 42.3 Å². The molecule has 1 aromatic carbocycles. The maximum atomic E-state index is 13.3. The molecule has 9 N–H and O–H groups in total. The van der Waals surface area contributed by atoms with Crippen LogP contribution in [0.25, 0.3) is 10.9 Å². The lowest BCUT2D eigenvalue weighted by Crippen LogP contribution is -2.51. The molecule has 1 aliphatic carbocycles. The summed E-state index contributed by atoms with van der Waals surface area (Å²) in [6.45, 7) is 0.774. The second-order valence-electron chi connectivity index (χ2n) is 11.9. The van der Waals surface area contributed by atoms with E-state index in [9.17, 15) is 39.0 Å². The van der Waals surface area contributed by atoms with Crippen molar-refractivity contribution in [1.82, 2.24) is 26.3 Å². The van der Waals surface area contributed by atoms with Crippen LogP contribution in [0, 0.1) is 11.8 Å². The van der Waals surface area contributed by atoms with E-state index in [-0.39, 0.29) is 50.0 Å². The zero-order valence-corrected chi connectivity index (χ0v) is 26.2. The molecule has 15 nitrogen and oxygen atoms in total. The van der Waals surface area contributed by atoms with Gasteiger partial charge in [0.2, 0.25) is 11.8 Å². The summed E-state index contributed by atoms with van der Waals surface area (Å²) in [5.41, 5.74) is 7.45. The van der Waals surface area contributed by atoms with E-state index in [1.54, 1.807) is 6.20 Å². The molecule has 0 unspecified atom stereocenters. The molecule has 0 spiro atoms. The highest BCUT2D eigenvalue weighted by Gasteiger charge is 2.29. The SMILES string of the molecule is NC[C@H]1CC[C@H](C(=O)N[C@@H](Cc2ccc3ncccc3c2)C(=O)NCCCC[C@H](NC(=O)N[C@@H](CCC(=O)O)C(=O)O)C(=O)O)CC1. The Balaban J connectivity index is 1.54. The minimum atomic E-state index is -1.50. The van der Waals surface area contributed by atoms with Crippen molar-refractivity contribution in [2.24, 2.45) is 17.6 Å². The van der Waals surface area contributed by atoms with Crippen LogP contribution >= 0.6 is 0 Å². The highest BCUT2D eigenvalue weighted by atomic mass is 16.4. The number of aromatic nitrogens is 1. The van der Waals surface area contributed by atoms with Gasteiger partial charge in [0.25, 0.3) is 0 Å². The molecular weight excluding hydrogens is 612 g/mol.